The lowest BCUT2D eigenvalue weighted by Crippen LogP contribution is -2.39. The minimum absolute atomic E-state index is 0.548. The number of hydrogen-bond donors (Lipinski definition) is 2. The molecule has 0 saturated carbocycles. The normalized spacial score (nSPS) is 14.9. The van der Waals surface area contributed by atoms with E-state index in [1.807, 2.05) is 31.2 Å². The van der Waals surface area contributed by atoms with Crippen molar-refractivity contribution in [2.45, 2.75) is 6.92 Å². The minimum Gasteiger partial charge on any atom is -0.495 e. The first-order valence-corrected chi connectivity index (χ1v) is 9.02. The molecular formula is C18H24ClN5O2. The van der Waals surface area contributed by atoms with Gasteiger partial charge in [-0.3, -0.25) is 4.90 Å². The molecule has 8 heteroatoms. The molecule has 1 aromatic heterocycles. The van der Waals surface area contributed by atoms with Gasteiger partial charge in [0.15, 0.2) is 0 Å². The number of hydrogen-bond acceptors (Lipinski definition) is 7. The van der Waals surface area contributed by atoms with Gasteiger partial charge in [0.1, 0.15) is 11.6 Å². The fourth-order valence-corrected chi connectivity index (χ4v) is 3.01. The number of aromatic nitrogens is 2. The van der Waals surface area contributed by atoms with Gasteiger partial charge in [-0.1, -0.05) is 11.6 Å². The second-order valence-electron chi connectivity index (χ2n) is 6.07. The summed E-state index contributed by atoms with van der Waals surface area (Å²) in [5.74, 6) is 1.97. The van der Waals surface area contributed by atoms with Gasteiger partial charge >= 0.3 is 0 Å². The molecule has 2 aromatic rings. The van der Waals surface area contributed by atoms with Crippen LogP contribution >= 0.6 is 11.6 Å². The summed E-state index contributed by atoms with van der Waals surface area (Å²) < 4.78 is 10.5. The molecule has 0 radical (unpaired) electrons. The number of halogens is 1. The van der Waals surface area contributed by atoms with E-state index in [2.05, 4.69) is 25.5 Å². The summed E-state index contributed by atoms with van der Waals surface area (Å²) in [5, 5.41) is 7.11. The molecule has 1 aliphatic rings. The van der Waals surface area contributed by atoms with Gasteiger partial charge in [-0.15, -0.1) is 0 Å². The lowest BCUT2D eigenvalue weighted by molar-refractivity contribution is 0.0398. The summed E-state index contributed by atoms with van der Waals surface area (Å²) in [4.78, 5) is 11.4. The van der Waals surface area contributed by atoms with E-state index in [9.17, 15) is 0 Å². The molecule has 0 amide bonds. The topological polar surface area (TPSA) is 71.5 Å². The summed E-state index contributed by atoms with van der Waals surface area (Å²) in [7, 11) is 1.59. The first-order chi connectivity index (χ1) is 12.6. The van der Waals surface area contributed by atoms with Crippen LogP contribution in [0.2, 0.25) is 5.02 Å². The lowest BCUT2D eigenvalue weighted by Gasteiger charge is -2.26. The van der Waals surface area contributed by atoms with Gasteiger partial charge in [0.25, 0.3) is 0 Å². The zero-order valence-corrected chi connectivity index (χ0v) is 15.8. The van der Waals surface area contributed by atoms with Crippen molar-refractivity contribution in [3.63, 3.8) is 0 Å². The molecule has 2 heterocycles. The highest BCUT2D eigenvalue weighted by Crippen LogP contribution is 2.28. The zero-order valence-electron chi connectivity index (χ0n) is 15.1. The molecule has 7 nitrogen and oxygen atoms in total. The quantitative estimate of drug-likeness (QED) is 0.768. The van der Waals surface area contributed by atoms with E-state index < -0.39 is 0 Å². The number of aryl methyl sites for hydroxylation is 1. The molecule has 1 aliphatic heterocycles. The maximum absolute atomic E-state index is 6.18. The fraction of sp³-hybridized carbons (Fsp3) is 0.444. The van der Waals surface area contributed by atoms with Crippen molar-refractivity contribution in [1.82, 2.24) is 14.9 Å². The molecule has 26 heavy (non-hydrogen) atoms. The molecule has 0 aliphatic carbocycles. The summed E-state index contributed by atoms with van der Waals surface area (Å²) in [6, 6.07) is 7.42. The van der Waals surface area contributed by atoms with Crippen molar-refractivity contribution < 1.29 is 9.47 Å². The van der Waals surface area contributed by atoms with Crippen LogP contribution in [0.25, 0.3) is 0 Å². The monoisotopic (exact) mass is 377 g/mol. The highest BCUT2D eigenvalue weighted by atomic mass is 35.5. The Morgan fingerprint density at radius 2 is 2.04 bits per heavy atom. The lowest BCUT2D eigenvalue weighted by atomic mass is 10.3. The fourth-order valence-electron chi connectivity index (χ4n) is 2.75. The van der Waals surface area contributed by atoms with Crippen LogP contribution in [0.1, 0.15) is 5.69 Å². The number of benzene rings is 1. The second kappa shape index (κ2) is 9.02. The summed E-state index contributed by atoms with van der Waals surface area (Å²) in [6.07, 6.45) is 0. The Labute approximate surface area is 158 Å². The van der Waals surface area contributed by atoms with E-state index >= 15 is 0 Å². The van der Waals surface area contributed by atoms with Crippen molar-refractivity contribution in [1.29, 1.82) is 0 Å². The highest BCUT2D eigenvalue weighted by molar-refractivity contribution is 6.32. The maximum Gasteiger partial charge on any atom is 0.224 e. The SMILES string of the molecule is COc1ccc(Nc2cc(C)nc(NCCN3CCOCC3)n2)cc1Cl. The van der Waals surface area contributed by atoms with E-state index in [0.29, 0.717) is 22.5 Å². The largest absolute Gasteiger partial charge is 0.495 e. The number of nitrogens with one attached hydrogen (secondary N) is 2. The van der Waals surface area contributed by atoms with Crippen LogP contribution in [0.5, 0.6) is 5.75 Å². The molecule has 1 fully saturated rings. The number of nitrogens with zero attached hydrogens (tertiary/aromatic N) is 3. The van der Waals surface area contributed by atoms with E-state index in [0.717, 1.165) is 50.8 Å². The zero-order chi connectivity index (χ0) is 18.4. The molecule has 2 N–H and O–H groups in total. The van der Waals surface area contributed by atoms with Crippen molar-refractivity contribution in [3.05, 3.63) is 35.0 Å². The van der Waals surface area contributed by atoms with Gasteiger partial charge in [0.2, 0.25) is 5.95 Å². The number of ether oxygens (including phenoxy) is 2. The summed E-state index contributed by atoms with van der Waals surface area (Å²) >= 11 is 6.18. The minimum atomic E-state index is 0.548. The van der Waals surface area contributed by atoms with E-state index in [4.69, 9.17) is 21.1 Å². The average molecular weight is 378 g/mol. The second-order valence-corrected chi connectivity index (χ2v) is 6.48. The smallest absolute Gasteiger partial charge is 0.224 e. The van der Waals surface area contributed by atoms with Crippen LogP contribution in [-0.4, -0.2) is 61.4 Å². The van der Waals surface area contributed by atoms with Gasteiger partial charge in [0.05, 0.1) is 25.3 Å². The number of anilines is 3. The number of rotatable bonds is 7. The first-order valence-electron chi connectivity index (χ1n) is 8.64. The van der Waals surface area contributed by atoms with Crippen LogP contribution in [0, 0.1) is 6.92 Å². The third kappa shape index (κ3) is 5.20. The molecule has 0 unspecified atom stereocenters. The van der Waals surface area contributed by atoms with E-state index in [1.165, 1.54) is 0 Å². The average Bonchev–Trinajstić information content (AvgIpc) is 2.62. The number of morpholine rings is 1. The van der Waals surface area contributed by atoms with Crippen LogP contribution in [0.4, 0.5) is 17.5 Å². The van der Waals surface area contributed by atoms with Crippen LogP contribution in [0.15, 0.2) is 24.3 Å². The molecule has 140 valence electrons. The number of methoxy groups -OCH3 is 1. The van der Waals surface area contributed by atoms with Gasteiger partial charge in [-0.05, 0) is 25.1 Å². The molecule has 3 rings (SSSR count). The van der Waals surface area contributed by atoms with Crippen molar-refractivity contribution in [2.24, 2.45) is 0 Å². The van der Waals surface area contributed by atoms with Crippen molar-refractivity contribution >= 4 is 29.1 Å². The maximum atomic E-state index is 6.18. The summed E-state index contributed by atoms with van der Waals surface area (Å²) in [5.41, 5.74) is 1.73. The van der Waals surface area contributed by atoms with Crippen LogP contribution in [-0.2, 0) is 4.74 Å². The Bertz CT molecular complexity index is 738. The van der Waals surface area contributed by atoms with E-state index in [1.54, 1.807) is 7.11 Å². The van der Waals surface area contributed by atoms with Crippen molar-refractivity contribution in [3.8, 4) is 5.75 Å². The molecule has 0 atom stereocenters. The molecule has 0 spiro atoms. The third-order valence-corrected chi connectivity index (χ3v) is 4.39. The Balaban J connectivity index is 1.60. The summed E-state index contributed by atoms with van der Waals surface area (Å²) in [6.45, 7) is 7.23. The van der Waals surface area contributed by atoms with Gasteiger partial charge in [-0.2, -0.15) is 4.98 Å². The predicted molar refractivity (Wildman–Crippen MR) is 104 cm³/mol. The van der Waals surface area contributed by atoms with Crippen LogP contribution in [0.3, 0.4) is 0 Å². The Morgan fingerprint density at radius 1 is 1.23 bits per heavy atom. The molecule has 1 saturated heterocycles. The standard InChI is InChI=1S/C18H24ClN5O2/c1-13-11-17(22-14-3-4-16(25-2)15(19)12-14)23-18(21-13)20-5-6-24-7-9-26-10-8-24/h3-4,11-12H,5-10H2,1-2H3,(H2,20,21,22,23). The van der Waals surface area contributed by atoms with Gasteiger partial charge in [0, 0.05) is 43.6 Å². The third-order valence-electron chi connectivity index (χ3n) is 4.09. The van der Waals surface area contributed by atoms with E-state index in [-0.39, 0.29) is 0 Å². The molecule has 1 aromatic carbocycles. The Morgan fingerprint density at radius 3 is 2.77 bits per heavy atom. The highest BCUT2D eigenvalue weighted by Gasteiger charge is 2.10. The Hall–Kier alpha value is -2.09. The van der Waals surface area contributed by atoms with Gasteiger partial charge < -0.3 is 20.1 Å². The first kappa shape index (κ1) is 18.7. The molecule has 0 bridgehead atoms. The van der Waals surface area contributed by atoms with Crippen molar-refractivity contribution in [2.75, 3.05) is 57.1 Å². The van der Waals surface area contributed by atoms with Gasteiger partial charge in [-0.25, -0.2) is 4.98 Å². The predicted octanol–water partition coefficient (Wildman–Crippen LogP) is 2.93. The van der Waals surface area contributed by atoms with Crippen LogP contribution < -0.4 is 15.4 Å². The Kier molecular flexibility index (Phi) is 6.49. The molecular weight excluding hydrogens is 354 g/mol.